The molecule has 4 N–H and O–H groups in total. The molecule has 0 bridgehead atoms. The summed E-state index contributed by atoms with van der Waals surface area (Å²) in [5.74, 6) is -0.438. The summed E-state index contributed by atoms with van der Waals surface area (Å²) in [4.78, 5) is 22.7. The van der Waals surface area contributed by atoms with Gasteiger partial charge in [-0.15, -0.1) is 0 Å². The molecule has 0 saturated carbocycles. The molecular weight excluding hydrogens is 290 g/mol. The smallest absolute Gasteiger partial charge is 0.318 e. The monoisotopic (exact) mass is 311 g/mol. The molecular formula is C18H21N3O2. The molecule has 2 aromatic rings. The third-order valence-electron chi connectivity index (χ3n) is 3.58. The fourth-order valence-corrected chi connectivity index (χ4v) is 2.42. The molecule has 2 unspecified atom stereocenters. The van der Waals surface area contributed by atoms with Gasteiger partial charge in [0, 0.05) is 6.04 Å². The van der Waals surface area contributed by atoms with Gasteiger partial charge in [0.15, 0.2) is 0 Å². The van der Waals surface area contributed by atoms with Gasteiger partial charge in [0.2, 0.25) is 5.91 Å². The van der Waals surface area contributed by atoms with Gasteiger partial charge in [-0.2, -0.15) is 0 Å². The fourth-order valence-electron chi connectivity index (χ4n) is 2.42. The Morgan fingerprint density at radius 3 is 2.13 bits per heavy atom. The number of carbonyl (C=O) groups is 2. The summed E-state index contributed by atoms with van der Waals surface area (Å²) in [5, 5.41) is 5.37. The molecule has 2 rings (SSSR count). The van der Waals surface area contributed by atoms with E-state index in [4.69, 9.17) is 5.73 Å². The maximum absolute atomic E-state index is 11.9. The zero-order valence-corrected chi connectivity index (χ0v) is 13.0. The van der Waals surface area contributed by atoms with E-state index in [1.54, 1.807) is 6.92 Å². The SMILES string of the molecule is CC(NC(Cc1ccccc1)c1ccccc1)C(=O)NC(N)=O. The van der Waals surface area contributed by atoms with E-state index >= 15 is 0 Å². The highest BCUT2D eigenvalue weighted by Gasteiger charge is 2.20. The number of nitrogens with one attached hydrogen (secondary N) is 2. The van der Waals surface area contributed by atoms with E-state index < -0.39 is 18.0 Å². The third kappa shape index (κ3) is 5.23. The summed E-state index contributed by atoms with van der Waals surface area (Å²) in [6.07, 6.45) is 0.735. The predicted molar refractivity (Wildman–Crippen MR) is 89.7 cm³/mol. The molecule has 120 valence electrons. The Bertz CT molecular complexity index is 644. The minimum absolute atomic E-state index is 0.0489. The number of benzene rings is 2. The molecule has 0 fully saturated rings. The first kappa shape index (κ1) is 16.7. The van der Waals surface area contributed by atoms with Gasteiger partial charge in [0.1, 0.15) is 0 Å². The van der Waals surface area contributed by atoms with E-state index in [1.807, 2.05) is 60.7 Å². The summed E-state index contributed by atoms with van der Waals surface area (Å²) in [6.45, 7) is 1.71. The summed E-state index contributed by atoms with van der Waals surface area (Å²) in [6, 6.07) is 18.5. The van der Waals surface area contributed by atoms with Crippen molar-refractivity contribution in [3.8, 4) is 0 Å². The summed E-state index contributed by atoms with van der Waals surface area (Å²) < 4.78 is 0. The first-order valence-corrected chi connectivity index (χ1v) is 7.51. The van der Waals surface area contributed by atoms with Crippen LogP contribution < -0.4 is 16.4 Å². The number of urea groups is 1. The number of rotatable bonds is 6. The second-order valence-electron chi connectivity index (χ2n) is 5.39. The van der Waals surface area contributed by atoms with Crippen molar-refractivity contribution in [1.82, 2.24) is 10.6 Å². The standard InChI is InChI=1S/C18H21N3O2/c1-13(17(22)21-18(19)23)20-16(15-10-6-3-7-11-15)12-14-8-4-2-5-9-14/h2-11,13,16,20H,12H2,1H3,(H3,19,21,22,23). The average molecular weight is 311 g/mol. The van der Waals surface area contributed by atoms with Crippen molar-refractivity contribution >= 4 is 11.9 Å². The van der Waals surface area contributed by atoms with Crippen LogP contribution in [0.1, 0.15) is 24.1 Å². The van der Waals surface area contributed by atoms with Crippen molar-refractivity contribution in [1.29, 1.82) is 0 Å². The van der Waals surface area contributed by atoms with Gasteiger partial charge in [-0.3, -0.25) is 15.4 Å². The number of hydrogen-bond acceptors (Lipinski definition) is 3. The van der Waals surface area contributed by atoms with Gasteiger partial charge >= 0.3 is 6.03 Å². The molecule has 23 heavy (non-hydrogen) atoms. The Hall–Kier alpha value is -2.66. The van der Waals surface area contributed by atoms with Gasteiger partial charge < -0.3 is 5.73 Å². The van der Waals surface area contributed by atoms with Crippen LogP contribution in [-0.2, 0) is 11.2 Å². The highest BCUT2D eigenvalue weighted by Crippen LogP contribution is 2.19. The molecule has 5 nitrogen and oxygen atoms in total. The molecule has 0 aromatic heterocycles. The van der Waals surface area contributed by atoms with Crippen LogP contribution in [0.3, 0.4) is 0 Å². The van der Waals surface area contributed by atoms with Crippen LogP contribution in [0.25, 0.3) is 0 Å². The molecule has 5 heteroatoms. The molecule has 3 amide bonds. The van der Waals surface area contributed by atoms with Crippen LogP contribution in [-0.4, -0.2) is 18.0 Å². The summed E-state index contributed by atoms with van der Waals surface area (Å²) in [7, 11) is 0. The zero-order chi connectivity index (χ0) is 16.7. The highest BCUT2D eigenvalue weighted by atomic mass is 16.2. The van der Waals surface area contributed by atoms with Crippen molar-refractivity contribution in [3.05, 3.63) is 71.8 Å². The molecule has 2 aromatic carbocycles. The summed E-state index contributed by atoms with van der Waals surface area (Å²) in [5.41, 5.74) is 7.24. The summed E-state index contributed by atoms with van der Waals surface area (Å²) >= 11 is 0. The lowest BCUT2D eigenvalue weighted by molar-refractivity contribution is -0.121. The minimum Gasteiger partial charge on any atom is -0.351 e. The number of primary amides is 1. The van der Waals surface area contributed by atoms with Crippen molar-refractivity contribution in [3.63, 3.8) is 0 Å². The molecule has 0 radical (unpaired) electrons. The minimum atomic E-state index is -0.844. The number of amides is 3. The molecule has 0 spiro atoms. The van der Waals surface area contributed by atoms with Gasteiger partial charge in [-0.1, -0.05) is 60.7 Å². The van der Waals surface area contributed by atoms with Crippen LogP contribution >= 0.6 is 0 Å². The fraction of sp³-hybridized carbons (Fsp3) is 0.222. The van der Waals surface area contributed by atoms with Crippen LogP contribution in [0, 0.1) is 0 Å². The predicted octanol–water partition coefficient (Wildman–Crippen LogP) is 2.14. The lowest BCUT2D eigenvalue weighted by Crippen LogP contribution is -2.47. The van der Waals surface area contributed by atoms with E-state index in [0.29, 0.717) is 0 Å². The molecule has 0 aliphatic heterocycles. The normalized spacial score (nSPS) is 13.1. The molecule has 0 aliphatic rings. The maximum Gasteiger partial charge on any atom is 0.318 e. The second-order valence-corrected chi connectivity index (χ2v) is 5.39. The average Bonchev–Trinajstić information content (AvgIpc) is 2.55. The quantitative estimate of drug-likeness (QED) is 0.764. The van der Waals surface area contributed by atoms with E-state index in [9.17, 15) is 9.59 Å². The largest absolute Gasteiger partial charge is 0.351 e. The topological polar surface area (TPSA) is 84.2 Å². The third-order valence-corrected chi connectivity index (χ3v) is 3.58. The van der Waals surface area contributed by atoms with Crippen LogP contribution in [0.15, 0.2) is 60.7 Å². The Morgan fingerprint density at radius 1 is 1.00 bits per heavy atom. The molecule has 0 heterocycles. The number of hydrogen-bond donors (Lipinski definition) is 3. The zero-order valence-electron chi connectivity index (χ0n) is 13.0. The van der Waals surface area contributed by atoms with E-state index in [2.05, 4.69) is 10.6 Å². The van der Waals surface area contributed by atoms with Crippen LogP contribution in [0.5, 0.6) is 0 Å². The van der Waals surface area contributed by atoms with Gasteiger partial charge in [0.25, 0.3) is 0 Å². The number of carbonyl (C=O) groups excluding carboxylic acids is 2. The first-order valence-electron chi connectivity index (χ1n) is 7.51. The molecule has 2 atom stereocenters. The van der Waals surface area contributed by atoms with Crippen molar-refractivity contribution in [2.45, 2.75) is 25.4 Å². The van der Waals surface area contributed by atoms with Crippen LogP contribution in [0.4, 0.5) is 4.79 Å². The Morgan fingerprint density at radius 2 is 1.57 bits per heavy atom. The lowest BCUT2D eigenvalue weighted by Gasteiger charge is -2.23. The van der Waals surface area contributed by atoms with Crippen molar-refractivity contribution in [2.75, 3.05) is 0 Å². The van der Waals surface area contributed by atoms with Crippen molar-refractivity contribution < 1.29 is 9.59 Å². The van der Waals surface area contributed by atoms with Gasteiger partial charge in [-0.25, -0.2) is 4.79 Å². The Labute approximate surface area is 135 Å². The highest BCUT2D eigenvalue weighted by molar-refractivity contribution is 5.96. The first-order chi connectivity index (χ1) is 11.1. The molecule has 0 aliphatic carbocycles. The van der Waals surface area contributed by atoms with Gasteiger partial charge in [0.05, 0.1) is 6.04 Å². The number of nitrogens with two attached hydrogens (primary N) is 1. The van der Waals surface area contributed by atoms with E-state index in [-0.39, 0.29) is 6.04 Å². The second kappa shape index (κ2) is 8.10. The Kier molecular flexibility index (Phi) is 5.88. The van der Waals surface area contributed by atoms with Crippen molar-refractivity contribution in [2.24, 2.45) is 5.73 Å². The van der Waals surface area contributed by atoms with Crippen LogP contribution in [0.2, 0.25) is 0 Å². The van der Waals surface area contributed by atoms with E-state index in [0.717, 1.165) is 17.5 Å². The van der Waals surface area contributed by atoms with Gasteiger partial charge in [-0.05, 0) is 24.5 Å². The lowest BCUT2D eigenvalue weighted by atomic mass is 9.98. The Balaban J connectivity index is 2.14. The number of imide groups is 1. The van der Waals surface area contributed by atoms with E-state index in [1.165, 1.54) is 0 Å². The maximum atomic E-state index is 11.9. The molecule has 0 saturated heterocycles.